The number of rotatable bonds is 2. The zero-order valence-corrected chi connectivity index (χ0v) is 10.3. The number of nitrogens with zero attached hydrogens (tertiary/aromatic N) is 3. The lowest BCUT2D eigenvalue weighted by molar-refractivity contribution is 0.133. The number of hydrogen-bond donors (Lipinski definition) is 3. The molecule has 0 saturated carbocycles. The molecule has 0 spiro atoms. The lowest BCUT2D eigenvalue weighted by Gasteiger charge is -2.30. The second kappa shape index (κ2) is 4.75. The van der Waals surface area contributed by atoms with Crippen LogP contribution in [0.15, 0.2) is 18.3 Å². The lowest BCUT2D eigenvalue weighted by atomic mass is 10.1. The molecule has 0 radical (unpaired) electrons. The fraction of sp³-hybridized carbons (Fsp3) is 0.417. The minimum atomic E-state index is -0.841. The van der Waals surface area contributed by atoms with Crippen molar-refractivity contribution in [1.29, 1.82) is 0 Å². The minimum absolute atomic E-state index is 0.246. The van der Waals surface area contributed by atoms with Gasteiger partial charge in [0, 0.05) is 25.3 Å². The van der Waals surface area contributed by atoms with Gasteiger partial charge in [0.05, 0.1) is 5.52 Å². The number of pyridine rings is 1. The van der Waals surface area contributed by atoms with Gasteiger partial charge in [-0.1, -0.05) is 0 Å². The van der Waals surface area contributed by atoms with Crippen LogP contribution in [0.1, 0.15) is 12.8 Å². The number of likely N-dealkylation sites (tertiary alicyclic amines) is 1. The third-order valence-electron chi connectivity index (χ3n) is 3.36. The van der Waals surface area contributed by atoms with E-state index in [1.807, 2.05) is 12.1 Å². The van der Waals surface area contributed by atoms with Crippen LogP contribution >= 0.6 is 0 Å². The van der Waals surface area contributed by atoms with Gasteiger partial charge in [-0.25, -0.2) is 9.78 Å². The van der Waals surface area contributed by atoms with E-state index in [4.69, 9.17) is 5.11 Å². The van der Waals surface area contributed by atoms with Crippen molar-refractivity contribution in [3.05, 3.63) is 18.3 Å². The summed E-state index contributed by atoms with van der Waals surface area (Å²) in [5.74, 6) is 0.697. The molecule has 2 aromatic heterocycles. The summed E-state index contributed by atoms with van der Waals surface area (Å²) in [5.41, 5.74) is 1.58. The molecule has 3 rings (SSSR count). The van der Waals surface area contributed by atoms with Crippen molar-refractivity contribution < 1.29 is 9.90 Å². The van der Waals surface area contributed by atoms with E-state index in [9.17, 15) is 4.79 Å². The van der Waals surface area contributed by atoms with Gasteiger partial charge in [0.25, 0.3) is 0 Å². The van der Waals surface area contributed by atoms with Crippen LogP contribution in [0.25, 0.3) is 11.2 Å². The first-order valence-electron chi connectivity index (χ1n) is 6.27. The number of anilines is 1. The highest BCUT2D eigenvalue weighted by molar-refractivity contribution is 5.72. The molecule has 0 unspecified atom stereocenters. The van der Waals surface area contributed by atoms with Gasteiger partial charge in [-0.2, -0.15) is 4.98 Å². The molecular weight excluding hydrogens is 246 g/mol. The number of fused-ring (bicyclic) bond motifs is 1. The second-order valence-electron chi connectivity index (χ2n) is 4.65. The Balaban J connectivity index is 1.64. The summed E-state index contributed by atoms with van der Waals surface area (Å²) in [4.78, 5) is 23.9. The van der Waals surface area contributed by atoms with Crippen molar-refractivity contribution >= 4 is 23.2 Å². The maximum absolute atomic E-state index is 10.8. The summed E-state index contributed by atoms with van der Waals surface area (Å²) in [7, 11) is 0. The van der Waals surface area contributed by atoms with E-state index >= 15 is 0 Å². The van der Waals surface area contributed by atoms with Gasteiger partial charge < -0.3 is 20.3 Å². The average molecular weight is 261 g/mol. The van der Waals surface area contributed by atoms with Gasteiger partial charge in [0.15, 0.2) is 5.65 Å². The van der Waals surface area contributed by atoms with Crippen molar-refractivity contribution in [2.24, 2.45) is 0 Å². The fourth-order valence-electron chi connectivity index (χ4n) is 2.32. The standard InChI is InChI=1S/C12H15N5O2/c18-12(19)17-6-3-8(4-7-17)14-11-15-9-2-1-5-13-10(9)16-11/h1-2,5,8H,3-4,6-7H2,(H,18,19)(H2,13,14,15,16). The Bertz CT molecular complexity index is 556. The summed E-state index contributed by atoms with van der Waals surface area (Å²) >= 11 is 0. The number of aromatic amines is 1. The first-order valence-corrected chi connectivity index (χ1v) is 6.27. The molecule has 1 aliphatic rings. The maximum atomic E-state index is 10.8. The third kappa shape index (κ3) is 2.44. The van der Waals surface area contributed by atoms with Crippen LogP contribution in [-0.2, 0) is 0 Å². The number of H-pyrrole nitrogens is 1. The Hall–Kier alpha value is -2.31. The molecule has 0 aliphatic carbocycles. The Morgan fingerprint density at radius 3 is 2.95 bits per heavy atom. The van der Waals surface area contributed by atoms with E-state index in [0.29, 0.717) is 24.7 Å². The number of piperidine rings is 1. The van der Waals surface area contributed by atoms with Crippen molar-refractivity contribution in [3.8, 4) is 0 Å². The van der Waals surface area contributed by atoms with Crippen molar-refractivity contribution in [1.82, 2.24) is 19.9 Å². The second-order valence-corrected chi connectivity index (χ2v) is 4.65. The lowest BCUT2D eigenvalue weighted by Crippen LogP contribution is -2.41. The topological polar surface area (TPSA) is 94.1 Å². The Morgan fingerprint density at radius 1 is 1.47 bits per heavy atom. The molecule has 100 valence electrons. The number of carboxylic acid groups (broad SMARTS) is 1. The van der Waals surface area contributed by atoms with E-state index in [1.165, 1.54) is 4.90 Å². The number of amides is 1. The van der Waals surface area contributed by atoms with Gasteiger partial charge >= 0.3 is 6.09 Å². The molecule has 1 aliphatic heterocycles. The molecule has 1 fully saturated rings. The van der Waals surface area contributed by atoms with Crippen LogP contribution in [0.2, 0.25) is 0 Å². The molecule has 3 N–H and O–H groups in total. The average Bonchev–Trinajstić information content (AvgIpc) is 2.81. The highest BCUT2D eigenvalue weighted by atomic mass is 16.4. The summed E-state index contributed by atoms with van der Waals surface area (Å²) in [5, 5.41) is 12.2. The van der Waals surface area contributed by atoms with Gasteiger partial charge in [-0.05, 0) is 25.0 Å². The highest BCUT2D eigenvalue weighted by Crippen LogP contribution is 2.17. The van der Waals surface area contributed by atoms with Crippen LogP contribution in [0.5, 0.6) is 0 Å². The van der Waals surface area contributed by atoms with Crippen molar-refractivity contribution in [2.75, 3.05) is 18.4 Å². The van der Waals surface area contributed by atoms with E-state index in [0.717, 1.165) is 18.4 Å². The van der Waals surface area contributed by atoms with Crippen molar-refractivity contribution in [3.63, 3.8) is 0 Å². The summed E-state index contributed by atoms with van der Waals surface area (Å²) < 4.78 is 0. The van der Waals surface area contributed by atoms with Crippen LogP contribution in [0.3, 0.4) is 0 Å². The predicted molar refractivity (Wildman–Crippen MR) is 70.1 cm³/mol. The molecule has 1 saturated heterocycles. The molecule has 1 amide bonds. The van der Waals surface area contributed by atoms with Gasteiger partial charge in [0.1, 0.15) is 0 Å². The molecule has 0 atom stereocenters. The van der Waals surface area contributed by atoms with Crippen LogP contribution in [0.4, 0.5) is 10.7 Å². The summed E-state index contributed by atoms with van der Waals surface area (Å²) in [6, 6.07) is 4.03. The monoisotopic (exact) mass is 261 g/mol. The van der Waals surface area contributed by atoms with Crippen LogP contribution in [0, 0.1) is 0 Å². The van der Waals surface area contributed by atoms with Crippen molar-refractivity contribution in [2.45, 2.75) is 18.9 Å². The smallest absolute Gasteiger partial charge is 0.407 e. The highest BCUT2D eigenvalue weighted by Gasteiger charge is 2.22. The van der Waals surface area contributed by atoms with E-state index in [1.54, 1.807) is 6.20 Å². The number of aromatic nitrogens is 3. The quantitative estimate of drug-likeness (QED) is 0.761. The number of imidazole rings is 1. The Morgan fingerprint density at radius 2 is 2.26 bits per heavy atom. The molecule has 0 aromatic carbocycles. The number of hydrogen-bond acceptors (Lipinski definition) is 4. The molecule has 3 heterocycles. The summed E-state index contributed by atoms with van der Waals surface area (Å²) in [6.45, 7) is 1.12. The minimum Gasteiger partial charge on any atom is -0.465 e. The molecular formula is C12H15N5O2. The Kier molecular flexibility index (Phi) is 2.94. The van der Waals surface area contributed by atoms with Gasteiger partial charge in [-0.3, -0.25) is 0 Å². The largest absolute Gasteiger partial charge is 0.465 e. The fourth-order valence-corrected chi connectivity index (χ4v) is 2.32. The molecule has 0 bridgehead atoms. The normalized spacial score (nSPS) is 16.7. The van der Waals surface area contributed by atoms with E-state index in [-0.39, 0.29) is 6.04 Å². The SMILES string of the molecule is O=C(O)N1CCC(Nc2nc3ncccc3[nH]2)CC1. The number of carbonyl (C=O) groups is 1. The maximum Gasteiger partial charge on any atom is 0.407 e. The first kappa shape index (κ1) is 11.8. The zero-order chi connectivity index (χ0) is 13.2. The summed E-state index contributed by atoms with van der Waals surface area (Å²) in [6.07, 6.45) is 2.44. The zero-order valence-electron chi connectivity index (χ0n) is 10.3. The first-order chi connectivity index (χ1) is 9.22. The van der Waals surface area contributed by atoms with E-state index < -0.39 is 6.09 Å². The predicted octanol–water partition coefficient (Wildman–Crippen LogP) is 1.51. The number of nitrogens with one attached hydrogen (secondary N) is 2. The molecule has 2 aromatic rings. The van der Waals surface area contributed by atoms with Gasteiger partial charge in [-0.15, -0.1) is 0 Å². The third-order valence-corrected chi connectivity index (χ3v) is 3.36. The van der Waals surface area contributed by atoms with E-state index in [2.05, 4.69) is 20.3 Å². The van der Waals surface area contributed by atoms with Gasteiger partial charge in [0.2, 0.25) is 5.95 Å². The van der Waals surface area contributed by atoms with Crippen LogP contribution in [-0.4, -0.2) is 50.2 Å². The van der Waals surface area contributed by atoms with Crippen LogP contribution < -0.4 is 5.32 Å². The Labute approximate surface area is 109 Å². The molecule has 7 nitrogen and oxygen atoms in total. The molecule has 19 heavy (non-hydrogen) atoms. The molecule has 7 heteroatoms.